The second-order valence-corrected chi connectivity index (χ2v) is 5.37. The maximum atomic E-state index is 11.8. The van der Waals surface area contributed by atoms with E-state index in [-0.39, 0.29) is 1.43 Å². The topological polar surface area (TPSA) is 68.1 Å². The Kier molecular flexibility index (Phi) is 8.04. The molecule has 1 rings (SSSR count). The Hall–Kier alpha value is -1.29. The van der Waals surface area contributed by atoms with Gasteiger partial charge >= 0.3 is 9.68 Å². The fraction of sp³-hybridized carbons (Fsp3) is 0.500. The van der Waals surface area contributed by atoms with Gasteiger partial charge in [0.2, 0.25) is 0 Å². The van der Waals surface area contributed by atoms with E-state index in [4.69, 9.17) is 14.3 Å². The number of oxime groups is 1. The quantitative estimate of drug-likeness (QED) is 0.238. The van der Waals surface area contributed by atoms with Crippen molar-refractivity contribution < 1.29 is 20.2 Å². The highest BCUT2D eigenvalue weighted by Gasteiger charge is 2.29. The average molecular weight is 299 g/mol. The summed E-state index contributed by atoms with van der Waals surface area (Å²) in [5.74, 6) is 0. The lowest BCUT2D eigenvalue weighted by Crippen LogP contribution is -2.06. The van der Waals surface area contributed by atoms with Crippen LogP contribution in [0.4, 0.5) is 0 Å². The van der Waals surface area contributed by atoms with Gasteiger partial charge in [0.05, 0.1) is 5.71 Å². The Morgan fingerprint density at radius 3 is 2.75 bits per heavy atom. The summed E-state index contributed by atoms with van der Waals surface area (Å²) in [6.45, 7) is 4.13. The van der Waals surface area contributed by atoms with Crippen LogP contribution >= 0.6 is 8.25 Å². The SMILES string of the molecule is CCCCO[P+](=O)OC(CC(C)=NO)c1ccccc1.[H+]. The molecule has 1 aromatic carbocycles. The molecule has 0 aromatic heterocycles. The number of benzene rings is 1. The van der Waals surface area contributed by atoms with E-state index in [2.05, 4.69) is 5.16 Å². The van der Waals surface area contributed by atoms with Crippen LogP contribution in [0, 0.1) is 0 Å². The molecule has 0 saturated carbocycles. The van der Waals surface area contributed by atoms with Gasteiger partial charge in [-0.15, -0.1) is 9.05 Å². The van der Waals surface area contributed by atoms with Gasteiger partial charge in [-0.25, -0.2) is 0 Å². The van der Waals surface area contributed by atoms with Crippen LogP contribution in [-0.2, 0) is 13.6 Å². The van der Waals surface area contributed by atoms with Crippen LogP contribution in [0.15, 0.2) is 35.5 Å². The van der Waals surface area contributed by atoms with Crippen LogP contribution in [0.1, 0.15) is 46.2 Å². The van der Waals surface area contributed by atoms with Crippen LogP contribution in [-0.4, -0.2) is 17.5 Å². The van der Waals surface area contributed by atoms with Gasteiger partial charge in [0.1, 0.15) is 12.7 Å². The molecule has 20 heavy (non-hydrogen) atoms. The number of hydrogen-bond acceptors (Lipinski definition) is 5. The van der Waals surface area contributed by atoms with Crippen molar-refractivity contribution in [3.8, 4) is 0 Å². The maximum absolute atomic E-state index is 11.8. The lowest BCUT2D eigenvalue weighted by Gasteiger charge is -2.10. The molecule has 2 unspecified atom stereocenters. The minimum Gasteiger partial charge on any atom is -0.411 e. The number of unbranched alkanes of at least 4 members (excludes halogenated alkanes) is 1. The van der Waals surface area contributed by atoms with Gasteiger partial charge in [0.25, 0.3) is 0 Å². The zero-order chi connectivity index (χ0) is 14.8. The Labute approximate surface area is 122 Å². The molecule has 0 radical (unpaired) electrons. The van der Waals surface area contributed by atoms with Crippen LogP contribution in [0.5, 0.6) is 0 Å². The molecule has 0 aliphatic carbocycles. The molecule has 0 saturated heterocycles. The van der Waals surface area contributed by atoms with Crippen LogP contribution in [0.2, 0.25) is 0 Å². The zero-order valence-electron chi connectivity index (χ0n) is 12.9. The molecule has 1 N–H and O–H groups in total. The van der Waals surface area contributed by atoms with Gasteiger partial charge in [-0.2, -0.15) is 0 Å². The molecule has 2 atom stereocenters. The fourth-order valence-electron chi connectivity index (χ4n) is 1.61. The first kappa shape index (κ1) is 16.8. The van der Waals surface area contributed by atoms with E-state index in [9.17, 15) is 4.57 Å². The van der Waals surface area contributed by atoms with Crippen molar-refractivity contribution in [2.24, 2.45) is 5.16 Å². The molecule has 110 valence electrons. The third kappa shape index (κ3) is 6.24. The van der Waals surface area contributed by atoms with E-state index in [1.807, 2.05) is 37.3 Å². The summed E-state index contributed by atoms with van der Waals surface area (Å²) in [5.41, 5.74) is 1.38. The average Bonchev–Trinajstić information content (AvgIpc) is 2.47. The molecule has 0 bridgehead atoms. The molecule has 6 heteroatoms. The monoisotopic (exact) mass is 299 g/mol. The molecule has 0 fully saturated rings. The Bertz CT molecular complexity index is 442. The van der Waals surface area contributed by atoms with Crippen molar-refractivity contribution >= 4 is 14.0 Å². The molecule has 0 heterocycles. The second-order valence-electron chi connectivity index (χ2n) is 4.45. The largest absolute Gasteiger partial charge is 1.00 e. The molecule has 5 nitrogen and oxygen atoms in total. The van der Waals surface area contributed by atoms with Crippen molar-refractivity contribution in [1.82, 2.24) is 0 Å². The first-order chi connectivity index (χ1) is 9.67. The predicted octanol–water partition coefficient (Wildman–Crippen LogP) is 4.57. The molecular formula is C14H22NO4P+2. The van der Waals surface area contributed by atoms with Gasteiger partial charge in [0, 0.05) is 11.0 Å². The van der Waals surface area contributed by atoms with Crippen LogP contribution < -0.4 is 0 Å². The molecule has 1 aromatic rings. The third-order valence-electron chi connectivity index (χ3n) is 2.73. The van der Waals surface area contributed by atoms with Crippen molar-refractivity contribution in [3.63, 3.8) is 0 Å². The number of nitrogens with zero attached hydrogens (tertiary/aromatic N) is 1. The van der Waals surface area contributed by atoms with Crippen molar-refractivity contribution in [3.05, 3.63) is 35.9 Å². The van der Waals surface area contributed by atoms with E-state index in [0.717, 1.165) is 18.4 Å². The maximum Gasteiger partial charge on any atom is 1.00 e. The van der Waals surface area contributed by atoms with Crippen LogP contribution in [0.3, 0.4) is 0 Å². The summed E-state index contributed by atoms with van der Waals surface area (Å²) < 4.78 is 22.4. The minimum absolute atomic E-state index is 0. The van der Waals surface area contributed by atoms with Gasteiger partial charge < -0.3 is 5.21 Å². The molecule has 0 aliphatic heterocycles. The van der Waals surface area contributed by atoms with E-state index >= 15 is 0 Å². The van der Waals surface area contributed by atoms with E-state index in [0.29, 0.717) is 18.7 Å². The Balaban J connectivity index is 0.00000400. The van der Waals surface area contributed by atoms with E-state index < -0.39 is 14.4 Å². The summed E-state index contributed by atoms with van der Waals surface area (Å²) in [5, 5.41) is 11.9. The molecular weight excluding hydrogens is 277 g/mol. The normalized spacial score (nSPS) is 14.1. The highest BCUT2D eigenvalue weighted by atomic mass is 31.1. The van der Waals surface area contributed by atoms with Crippen molar-refractivity contribution in [1.29, 1.82) is 0 Å². The highest BCUT2D eigenvalue weighted by Crippen LogP contribution is 2.35. The summed E-state index contributed by atoms with van der Waals surface area (Å²) in [6, 6.07) is 9.41. The summed E-state index contributed by atoms with van der Waals surface area (Å²) >= 11 is 0. The molecule has 0 spiro atoms. The molecule has 0 amide bonds. The number of rotatable bonds is 9. The van der Waals surface area contributed by atoms with Gasteiger partial charge in [0.15, 0.2) is 0 Å². The lowest BCUT2D eigenvalue weighted by atomic mass is 10.0. The van der Waals surface area contributed by atoms with Gasteiger partial charge in [-0.05, 0) is 18.9 Å². The van der Waals surface area contributed by atoms with Crippen molar-refractivity contribution in [2.75, 3.05) is 6.61 Å². The van der Waals surface area contributed by atoms with Crippen LogP contribution in [0.25, 0.3) is 0 Å². The van der Waals surface area contributed by atoms with E-state index in [1.54, 1.807) is 6.92 Å². The van der Waals surface area contributed by atoms with Gasteiger partial charge in [-0.1, -0.05) is 48.8 Å². The zero-order valence-corrected chi connectivity index (χ0v) is 12.8. The first-order valence-corrected chi connectivity index (χ1v) is 7.76. The van der Waals surface area contributed by atoms with E-state index in [1.165, 1.54) is 0 Å². The fourth-order valence-corrected chi connectivity index (χ4v) is 2.35. The Morgan fingerprint density at radius 2 is 2.15 bits per heavy atom. The summed E-state index contributed by atoms with van der Waals surface area (Å²) in [6.07, 6.45) is 1.73. The first-order valence-electron chi connectivity index (χ1n) is 6.66. The smallest absolute Gasteiger partial charge is 0.411 e. The van der Waals surface area contributed by atoms with Gasteiger partial charge in [-0.3, -0.25) is 0 Å². The second kappa shape index (κ2) is 9.59. The predicted molar refractivity (Wildman–Crippen MR) is 79.4 cm³/mol. The third-order valence-corrected chi connectivity index (χ3v) is 3.55. The standard InChI is InChI=1S/C14H20NO4P/c1-3-4-10-18-20(17)19-14(11-12(2)15-16)13-8-6-5-7-9-13/h5-9,14H,3-4,10-11H2,1-2H3/p+2. The Morgan fingerprint density at radius 1 is 1.45 bits per heavy atom. The molecule has 0 aliphatic rings. The van der Waals surface area contributed by atoms with Crippen molar-refractivity contribution in [2.45, 2.75) is 39.2 Å². The number of hydrogen-bond donors (Lipinski definition) is 1. The highest BCUT2D eigenvalue weighted by molar-refractivity contribution is 7.33. The summed E-state index contributed by atoms with van der Waals surface area (Å²) in [4.78, 5) is 0. The summed E-state index contributed by atoms with van der Waals surface area (Å²) in [7, 11) is -2.18. The lowest BCUT2D eigenvalue weighted by molar-refractivity contribution is 0.167. The minimum atomic E-state index is -2.18.